The van der Waals surface area contributed by atoms with Crippen molar-refractivity contribution in [3.8, 4) is 0 Å². The summed E-state index contributed by atoms with van der Waals surface area (Å²) in [5, 5.41) is 0. The molecule has 1 spiro atoms. The Morgan fingerprint density at radius 1 is 1.15 bits per heavy atom. The molecule has 0 saturated carbocycles. The van der Waals surface area contributed by atoms with Crippen LogP contribution in [0.25, 0.3) is 0 Å². The SMILES string of the molecule is C[C@H](c1ccccc1)N1C[C@]2(COCCN(Cc3ccncc3)C2)CC1=O. The molecule has 5 heteroatoms. The van der Waals surface area contributed by atoms with E-state index in [1.807, 2.05) is 35.5 Å². The molecule has 4 rings (SSSR count). The predicted octanol–water partition coefficient (Wildman–Crippen LogP) is 2.89. The summed E-state index contributed by atoms with van der Waals surface area (Å²) < 4.78 is 5.95. The van der Waals surface area contributed by atoms with Crippen molar-refractivity contribution < 1.29 is 9.53 Å². The van der Waals surface area contributed by atoms with Gasteiger partial charge in [-0.1, -0.05) is 30.3 Å². The molecular formula is C22H27N3O2. The van der Waals surface area contributed by atoms with Gasteiger partial charge in [-0.05, 0) is 30.2 Å². The summed E-state index contributed by atoms with van der Waals surface area (Å²) >= 11 is 0. The number of amides is 1. The number of aromatic nitrogens is 1. The first-order valence-electron chi connectivity index (χ1n) is 9.69. The maximum Gasteiger partial charge on any atom is 0.223 e. The Bertz CT molecular complexity index is 768. The molecule has 2 fully saturated rings. The molecule has 5 nitrogen and oxygen atoms in total. The smallest absolute Gasteiger partial charge is 0.223 e. The van der Waals surface area contributed by atoms with Crippen molar-refractivity contribution >= 4 is 5.91 Å². The molecular weight excluding hydrogens is 338 g/mol. The Kier molecular flexibility index (Phi) is 5.23. The Balaban J connectivity index is 1.49. The highest BCUT2D eigenvalue weighted by molar-refractivity contribution is 5.80. The van der Waals surface area contributed by atoms with E-state index in [0.29, 0.717) is 13.0 Å². The molecule has 2 aliphatic heterocycles. The normalized spacial score (nSPS) is 24.9. The van der Waals surface area contributed by atoms with Gasteiger partial charge in [-0.25, -0.2) is 0 Å². The van der Waals surface area contributed by atoms with Crippen LogP contribution in [0.15, 0.2) is 54.9 Å². The van der Waals surface area contributed by atoms with Gasteiger partial charge < -0.3 is 9.64 Å². The minimum atomic E-state index is -0.121. The average Bonchev–Trinajstić information content (AvgIpc) is 2.89. The van der Waals surface area contributed by atoms with Crippen LogP contribution in [0.2, 0.25) is 0 Å². The summed E-state index contributed by atoms with van der Waals surface area (Å²) in [6.45, 7) is 6.91. The van der Waals surface area contributed by atoms with Crippen LogP contribution >= 0.6 is 0 Å². The van der Waals surface area contributed by atoms with Gasteiger partial charge in [0.2, 0.25) is 5.91 Å². The fourth-order valence-corrected chi connectivity index (χ4v) is 4.36. The van der Waals surface area contributed by atoms with Crippen LogP contribution in [-0.2, 0) is 16.1 Å². The average molecular weight is 365 g/mol. The molecule has 142 valence electrons. The highest BCUT2D eigenvalue weighted by Crippen LogP contribution is 2.38. The van der Waals surface area contributed by atoms with Crippen molar-refractivity contribution in [3.05, 3.63) is 66.0 Å². The van der Waals surface area contributed by atoms with Crippen LogP contribution in [0.5, 0.6) is 0 Å². The quantitative estimate of drug-likeness (QED) is 0.836. The van der Waals surface area contributed by atoms with Gasteiger partial charge in [-0.3, -0.25) is 14.7 Å². The van der Waals surface area contributed by atoms with Crippen LogP contribution in [-0.4, -0.2) is 53.5 Å². The number of rotatable bonds is 4. The van der Waals surface area contributed by atoms with E-state index in [1.165, 1.54) is 11.1 Å². The maximum atomic E-state index is 12.9. The minimum absolute atomic E-state index is 0.0926. The van der Waals surface area contributed by atoms with Crippen molar-refractivity contribution in [2.24, 2.45) is 5.41 Å². The Hall–Kier alpha value is -2.24. The zero-order valence-corrected chi connectivity index (χ0v) is 15.9. The van der Waals surface area contributed by atoms with Crippen LogP contribution in [0.3, 0.4) is 0 Å². The van der Waals surface area contributed by atoms with Gasteiger partial charge in [0, 0.05) is 50.4 Å². The molecule has 1 aromatic carbocycles. The Morgan fingerprint density at radius 3 is 2.70 bits per heavy atom. The van der Waals surface area contributed by atoms with Crippen LogP contribution in [0, 0.1) is 5.41 Å². The van der Waals surface area contributed by atoms with E-state index in [0.717, 1.165) is 32.8 Å². The van der Waals surface area contributed by atoms with E-state index in [1.54, 1.807) is 0 Å². The molecule has 2 aliphatic rings. The van der Waals surface area contributed by atoms with Gasteiger partial charge in [0.15, 0.2) is 0 Å². The van der Waals surface area contributed by atoms with Crippen LogP contribution < -0.4 is 0 Å². The number of carbonyl (C=O) groups excluding carboxylic acids is 1. The second-order valence-electron chi connectivity index (χ2n) is 7.90. The third-order valence-electron chi connectivity index (χ3n) is 5.78. The third kappa shape index (κ3) is 4.04. The predicted molar refractivity (Wildman–Crippen MR) is 104 cm³/mol. The van der Waals surface area contributed by atoms with Gasteiger partial charge in [-0.15, -0.1) is 0 Å². The molecule has 0 aliphatic carbocycles. The summed E-state index contributed by atoms with van der Waals surface area (Å²) in [6.07, 6.45) is 4.24. The molecule has 2 aromatic rings. The number of likely N-dealkylation sites (tertiary alicyclic amines) is 1. The lowest BCUT2D eigenvalue weighted by atomic mass is 9.87. The number of nitrogens with zero attached hydrogens (tertiary/aromatic N) is 3. The van der Waals surface area contributed by atoms with E-state index >= 15 is 0 Å². The summed E-state index contributed by atoms with van der Waals surface area (Å²) in [6, 6.07) is 14.5. The van der Waals surface area contributed by atoms with E-state index in [9.17, 15) is 4.79 Å². The first-order chi connectivity index (χ1) is 13.2. The lowest BCUT2D eigenvalue weighted by molar-refractivity contribution is -0.129. The van der Waals surface area contributed by atoms with Crippen LogP contribution in [0.1, 0.15) is 30.5 Å². The number of pyridine rings is 1. The number of ether oxygens (including phenoxy) is 1. The second kappa shape index (κ2) is 7.79. The molecule has 3 heterocycles. The van der Waals surface area contributed by atoms with Gasteiger partial charge in [0.05, 0.1) is 19.3 Å². The first kappa shape index (κ1) is 18.1. The topological polar surface area (TPSA) is 45.7 Å². The highest BCUT2D eigenvalue weighted by Gasteiger charge is 2.46. The summed E-state index contributed by atoms with van der Waals surface area (Å²) in [5.41, 5.74) is 2.32. The van der Waals surface area contributed by atoms with E-state index in [2.05, 4.69) is 41.1 Å². The molecule has 0 radical (unpaired) electrons. The molecule has 1 aromatic heterocycles. The zero-order chi connectivity index (χ0) is 18.7. The van der Waals surface area contributed by atoms with Gasteiger partial charge in [-0.2, -0.15) is 0 Å². The third-order valence-corrected chi connectivity index (χ3v) is 5.78. The molecule has 1 amide bonds. The summed E-state index contributed by atoms with van der Waals surface area (Å²) in [4.78, 5) is 21.4. The largest absolute Gasteiger partial charge is 0.379 e. The molecule has 2 atom stereocenters. The van der Waals surface area contributed by atoms with Crippen molar-refractivity contribution in [3.63, 3.8) is 0 Å². The number of carbonyl (C=O) groups is 1. The van der Waals surface area contributed by atoms with Crippen LogP contribution in [0.4, 0.5) is 0 Å². The standard InChI is InChI=1S/C22H27N3O2/c1-18(20-5-3-2-4-6-20)25-16-22(13-21(25)26)15-24(11-12-27-17-22)14-19-7-9-23-10-8-19/h2-10,18H,11-17H2,1H3/t18-,22+/m1/s1. The fourth-order valence-electron chi connectivity index (χ4n) is 4.36. The lowest BCUT2D eigenvalue weighted by Crippen LogP contribution is -2.40. The van der Waals surface area contributed by atoms with Crippen molar-refractivity contribution in [1.82, 2.24) is 14.8 Å². The zero-order valence-electron chi connectivity index (χ0n) is 15.9. The minimum Gasteiger partial charge on any atom is -0.379 e. The highest BCUT2D eigenvalue weighted by atomic mass is 16.5. The summed E-state index contributed by atoms with van der Waals surface area (Å²) in [7, 11) is 0. The molecule has 0 N–H and O–H groups in total. The van der Waals surface area contributed by atoms with E-state index in [4.69, 9.17) is 4.74 Å². The van der Waals surface area contributed by atoms with E-state index < -0.39 is 0 Å². The van der Waals surface area contributed by atoms with Crippen molar-refractivity contribution in [2.45, 2.75) is 25.9 Å². The monoisotopic (exact) mass is 365 g/mol. The Morgan fingerprint density at radius 2 is 1.93 bits per heavy atom. The van der Waals surface area contributed by atoms with Gasteiger partial charge in [0.1, 0.15) is 0 Å². The molecule has 0 unspecified atom stereocenters. The number of hydrogen-bond donors (Lipinski definition) is 0. The van der Waals surface area contributed by atoms with Gasteiger partial charge >= 0.3 is 0 Å². The first-order valence-corrected chi connectivity index (χ1v) is 9.69. The lowest BCUT2D eigenvalue weighted by Gasteiger charge is -2.33. The number of benzene rings is 1. The number of hydrogen-bond acceptors (Lipinski definition) is 4. The van der Waals surface area contributed by atoms with E-state index in [-0.39, 0.29) is 17.4 Å². The maximum absolute atomic E-state index is 12.9. The second-order valence-corrected chi connectivity index (χ2v) is 7.90. The van der Waals surface area contributed by atoms with Crippen molar-refractivity contribution in [2.75, 3.05) is 32.8 Å². The van der Waals surface area contributed by atoms with Gasteiger partial charge in [0.25, 0.3) is 0 Å². The van der Waals surface area contributed by atoms with Crippen molar-refractivity contribution in [1.29, 1.82) is 0 Å². The molecule has 0 bridgehead atoms. The fraction of sp³-hybridized carbons (Fsp3) is 0.455. The summed E-state index contributed by atoms with van der Waals surface area (Å²) in [5.74, 6) is 0.237. The molecule has 2 saturated heterocycles. The Labute approximate surface area is 161 Å². The molecule has 27 heavy (non-hydrogen) atoms.